The molecule has 0 amide bonds. The average molecular weight is 146 g/mol. The van der Waals surface area contributed by atoms with Gasteiger partial charge in [0.15, 0.2) is 0 Å². The van der Waals surface area contributed by atoms with Crippen molar-refractivity contribution in [3.63, 3.8) is 0 Å². The molecule has 10 heavy (non-hydrogen) atoms. The Morgan fingerprint density at radius 1 is 1.70 bits per heavy atom. The number of hydrogen-bond donors (Lipinski definition) is 1. The smallest absolute Gasteiger partial charge is 0.308 e. The van der Waals surface area contributed by atoms with Gasteiger partial charge in [0.05, 0.1) is 19.1 Å². The van der Waals surface area contributed by atoms with Crippen molar-refractivity contribution in [1.82, 2.24) is 0 Å². The first-order valence-corrected chi connectivity index (χ1v) is 3.50. The molecule has 0 saturated carbocycles. The zero-order valence-corrected chi connectivity index (χ0v) is 6.46. The summed E-state index contributed by atoms with van der Waals surface area (Å²) in [6, 6.07) is 0. The summed E-state index contributed by atoms with van der Waals surface area (Å²) in [6.45, 7) is 3.94. The molecule has 0 aliphatic rings. The molecule has 3 heteroatoms. The monoisotopic (exact) mass is 146 g/mol. The van der Waals surface area contributed by atoms with Crippen LogP contribution in [0.25, 0.3) is 0 Å². The molecule has 0 bridgehead atoms. The van der Waals surface area contributed by atoms with Crippen LogP contribution in [0.4, 0.5) is 0 Å². The lowest BCUT2D eigenvalue weighted by atomic mass is 10.3. The summed E-state index contributed by atoms with van der Waals surface area (Å²) in [5.41, 5.74) is 0. The molecule has 60 valence electrons. The maximum Gasteiger partial charge on any atom is 0.308 e. The Morgan fingerprint density at radius 3 is 2.70 bits per heavy atom. The Balaban J connectivity index is 3.26. The largest absolute Gasteiger partial charge is 0.466 e. The van der Waals surface area contributed by atoms with Crippen LogP contribution in [-0.2, 0) is 9.53 Å². The maximum atomic E-state index is 10.6. The van der Waals surface area contributed by atoms with Gasteiger partial charge in [-0.15, -0.1) is 0 Å². The van der Waals surface area contributed by atoms with E-state index in [-0.39, 0.29) is 12.4 Å². The number of ether oxygens (including phenoxy) is 1. The number of esters is 1. The molecule has 0 rings (SSSR count). The molecule has 1 unspecified atom stereocenters. The van der Waals surface area contributed by atoms with Crippen LogP contribution in [0.5, 0.6) is 0 Å². The second-order valence-electron chi connectivity index (χ2n) is 2.27. The molecule has 0 aliphatic carbocycles. The van der Waals surface area contributed by atoms with Crippen LogP contribution < -0.4 is 0 Å². The van der Waals surface area contributed by atoms with E-state index in [0.29, 0.717) is 6.61 Å². The third kappa shape index (κ3) is 5.56. The fourth-order valence-electron chi connectivity index (χ4n) is 0.516. The number of carbonyl (C=O) groups is 1. The van der Waals surface area contributed by atoms with Crippen molar-refractivity contribution < 1.29 is 14.6 Å². The molecule has 0 spiro atoms. The molecular formula is C7H14O3. The molecule has 0 heterocycles. The molecule has 0 aromatic heterocycles. The standard InChI is InChI=1S/C7H14O3/c1-3-4-10-7(9)5-6(2)8/h6,8H,3-5H2,1-2H3. The number of aliphatic hydroxyl groups excluding tert-OH is 1. The normalized spacial score (nSPS) is 12.7. The molecule has 3 nitrogen and oxygen atoms in total. The maximum absolute atomic E-state index is 10.6. The highest BCUT2D eigenvalue weighted by atomic mass is 16.5. The molecule has 0 fully saturated rings. The number of rotatable bonds is 4. The van der Waals surface area contributed by atoms with Crippen LogP contribution in [0.3, 0.4) is 0 Å². The minimum Gasteiger partial charge on any atom is -0.466 e. The lowest BCUT2D eigenvalue weighted by Gasteiger charge is -2.03. The SMILES string of the molecule is CCCOC(=O)CC(C)O. The number of carbonyl (C=O) groups excluding carboxylic acids is 1. The fraction of sp³-hybridized carbons (Fsp3) is 0.857. The Labute approximate surface area is 61.0 Å². The molecule has 0 radical (unpaired) electrons. The van der Waals surface area contributed by atoms with Crippen LogP contribution in [0.1, 0.15) is 26.7 Å². The first-order chi connectivity index (χ1) is 4.66. The van der Waals surface area contributed by atoms with E-state index < -0.39 is 6.10 Å². The zero-order valence-electron chi connectivity index (χ0n) is 6.46. The van der Waals surface area contributed by atoms with Gasteiger partial charge in [-0.2, -0.15) is 0 Å². The summed E-state index contributed by atoms with van der Waals surface area (Å²) < 4.78 is 4.70. The molecule has 0 aliphatic heterocycles. The van der Waals surface area contributed by atoms with Gasteiger partial charge in [0, 0.05) is 0 Å². The summed E-state index contributed by atoms with van der Waals surface area (Å²) in [5, 5.41) is 8.72. The summed E-state index contributed by atoms with van der Waals surface area (Å²) >= 11 is 0. The molecule has 1 atom stereocenters. The predicted octanol–water partition coefficient (Wildman–Crippen LogP) is 0.710. The first-order valence-electron chi connectivity index (χ1n) is 3.50. The minimum atomic E-state index is -0.593. The van der Waals surface area contributed by atoms with E-state index in [0.717, 1.165) is 6.42 Å². The van der Waals surface area contributed by atoms with E-state index in [1.807, 2.05) is 6.92 Å². The van der Waals surface area contributed by atoms with E-state index >= 15 is 0 Å². The second kappa shape index (κ2) is 5.23. The highest BCUT2D eigenvalue weighted by Gasteiger charge is 2.05. The average Bonchev–Trinajstić information content (AvgIpc) is 1.82. The van der Waals surface area contributed by atoms with Gasteiger partial charge >= 0.3 is 5.97 Å². The third-order valence-corrected chi connectivity index (χ3v) is 0.929. The summed E-state index contributed by atoms with van der Waals surface area (Å²) in [5.74, 6) is -0.322. The molecule has 0 aromatic rings. The Bertz CT molecular complexity index is 99.0. The highest BCUT2D eigenvalue weighted by molar-refractivity contribution is 5.69. The van der Waals surface area contributed by atoms with Gasteiger partial charge in [-0.1, -0.05) is 6.92 Å². The Hall–Kier alpha value is -0.570. The van der Waals surface area contributed by atoms with Crippen molar-refractivity contribution in [1.29, 1.82) is 0 Å². The predicted molar refractivity (Wildman–Crippen MR) is 37.5 cm³/mol. The van der Waals surface area contributed by atoms with Gasteiger partial charge in [0.2, 0.25) is 0 Å². The Morgan fingerprint density at radius 2 is 2.30 bits per heavy atom. The van der Waals surface area contributed by atoms with Crippen molar-refractivity contribution >= 4 is 5.97 Å². The van der Waals surface area contributed by atoms with Crippen molar-refractivity contribution in [2.45, 2.75) is 32.8 Å². The lowest BCUT2D eigenvalue weighted by molar-refractivity contribution is -0.145. The molecule has 0 aromatic carbocycles. The van der Waals surface area contributed by atoms with Gasteiger partial charge in [-0.05, 0) is 13.3 Å². The number of aliphatic hydroxyl groups is 1. The van der Waals surface area contributed by atoms with E-state index in [1.165, 1.54) is 0 Å². The first kappa shape index (κ1) is 9.43. The van der Waals surface area contributed by atoms with Crippen molar-refractivity contribution in [3.8, 4) is 0 Å². The molecule has 0 saturated heterocycles. The van der Waals surface area contributed by atoms with E-state index in [2.05, 4.69) is 0 Å². The van der Waals surface area contributed by atoms with Crippen LogP contribution in [0.15, 0.2) is 0 Å². The van der Waals surface area contributed by atoms with Crippen molar-refractivity contribution in [3.05, 3.63) is 0 Å². The highest BCUT2D eigenvalue weighted by Crippen LogP contribution is 1.93. The summed E-state index contributed by atoms with van der Waals surface area (Å²) in [6.07, 6.45) is 0.329. The Kier molecular flexibility index (Phi) is 4.94. The third-order valence-electron chi connectivity index (χ3n) is 0.929. The summed E-state index contributed by atoms with van der Waals surface area (Å²) in [7, 11) is 0. The minimum absolute atomic E-state index is 0.0972. The van der Waals surface area contributed by atoms with Crippen LogP contribution in [0, 0.1) is 0 Å². The van der Waals surface area contributed by atoms with Crippen LogP contribution >= 0.6 is 0 Å². The van der Waals surface area contributed by atoms with Gasteiger partial charge in [0.1, 0.15) is 0 Å². The lowest BCUT2D eigenvalue weighted by Crippen LogP contribution is -2.12. The van der Waals surface area contributed by atoms with E-state index in [4.69, 9.17) is 9.84 Å². The van der Waals surface area contributed by atoms with Crippen molar-refractivity contribution in [2.75, 3.05) is 6.61 Å². The fourth-order valence-corrected chi connectivity index (χ4v) is 0.516. The summed E-state index contributed by atoms with van der Waals surface area (Å²) in [4.78, 5) is 10.6. The van der Waals surface area contributed by atoms with E-state index in [1.54, 1.807) is 6.92 Å². The van der Waals surface area contributed by atoms with Crippen LogP contribution in [-0.4, -0.2) is 23.8 Å². The van der Waals surface area contributed by atoms with E-state index in [9.17, 15) is 4.79 Å². The van der Waals surface area contributed by atoms with Crippen LogP contribution in [0.2, 0.25) is 0 Å². The topological polar surface area (TPSA) is 46.5 Å². The number of hydrogen-bond acceptors (Lipinski definition) is 3. The van der Waals surface area contributed by atoms with Gasteiger partial charge in [-0.3, -0.25) is 4.79 Å². The van der Waals surface area contributed by atoms with Crippen molar-refractivity contribution in [2.24, 2.45) is 0 Å². The van der Waals surface area contributed by atoms with Gasteiger partial charge in [-0.25, -0.2) is 0 Å². The quantitative estimate of drug-likeness (QED) is 0.594. The van der Waals surface area contributed by atoms with Gasteiger partial charge < -0.3 is 9.84 Å². The van der Waals surface area contributed by atoms with Gasteiger partial charge in [0.25, 0.3) is 0 Å². The molecule has 1 N–H and O–H groups in total. The molecular weight excluding hydrogens is 132 g/mol. The second-order valence-corrected chi connectivity index (χ2v) is 2.27. The zero-order chi connectivity index (χ0) is 7.98.